The zero-order chi connectivity index (χ0) is 47.7. The van der Waals surface area contributed by atoms with Crippen molar-refractivity contribution in [3.8, 4) is 22.3 Å². The number of rotatable bonds is 6. The Morgan fingerprint density at radius 1 is 0.309 bits per heavy atom. The standard InChI is InChI=1S/C64H64BN3/c1-61(2,3)41-21-29-45(30-22-41)66(46-31-23-42(24-32-46)62(4,5)6)49-37-53-51-17-13-15-19-57(51)65-58-20-16-14-18-52(58)54-38-50(40-56-55(39-49)59(53)68(65)60(54)56)67(47-33-25-43(26-34-47)63(7,8)9)48-35-27-44(28-36-48)64(10,11)12/h13-40H,1-12H3. The number of anilines is 6. The second-order valence-corrected chi connectivity index (χ2v) is 23.6. The van der Waals surface area contributed by atoms with Crippen molar-refractivity contribution in [3.63, 3.8) is 0 Å². The second-order valence-electron chi connectivity index (χ2n) is 23.6. The highest BCUT2D eigenvalue weighted by Crippen LogP contribution is 2.51. The Hall–Kier alpha value is -6.78. The van der Waals surface area contributed by atoms with Crippen molar-refractivity contribution in [1.82, 2.24) is 4.48 Å². The summed E-state index contributed by atoms with van der Waals surface area (Å²) in [5.74, 6) is 0. The Kier molecular flexibility index (Phi) is 9.90. The van der Waals surface area contributed by atoms with Crippen molar-refractivity contribution in [1.29, 1.82) is 0 Å². The molecule has 1 aromatic heterocycles. The number of fused-ring (bicyclic) bond motifs is 7. The fourth-order valence-electron chi connectivity index (χ4n) is 11.0. The summed E-state index contributed by atoms with van der Waals surface area (Å²) >= 11 is 0. The minimum absolute atomic E-state index is 0.0410. The average molecular weight is 886 g/mol. The molecule has 2 aliphatic rings. The smallest absolute Gasteiger partial charge is 0.329 e. The molecule has 0 atom stereocenters. The molecule has 0 spiro atoms. The lowest BCUT2D eigenvalue weighted by Gasteiger charge is -2.34. The highest BCUT2D eigenvalue weighted by molar-refractivity contribution is 6.88. The minimum atomic E-state index is 0.0410. The predicted octanol–water partition coefficient (Wildman–Crippen LogP) is 16.5. The van der Waals surface area contributed by atoms with Gasteiger partial charge in [0.15, 0.2) is 0 Å². The quantitative estimate of drug-likeness (QED) is 0.154. The second kappa shape index (κ2) is 15.4. The van der Waals surface area contributed by atoms with Gasteiger partial charge in [0.05, 0.1) is 0 Å². The first kappa shape index (κ1) is 43.8. The molecule has 0 amide bonds. The maximum atomic E-state index is 2.69. The van der Waals surface area contributed by atoms with Gasteiger partial charge < -0.3 is 14.3 Å². The summed E-state index contributed by atoms with van der Waals surface area (Å²) in [6.45, 7) is 27.6. The van der Waals surface area contributed by atoms with E-state index in [1.807, 2.05) is 0 Å². The van der Waals surface area contributed by atoms with E-state index in [0.29, 0.717) is 0 Å². The maximum Gasteiger partial charge on any atom is 0.329 e. The molecule has 0 aliphatic carbocycles. The summed E-state index contributed by atoms with van der Waals surface area (Å²) in [5.41, 5.74) is 22.7. The molecule has 68 heavy (non-hydrogen) atoms. The molecule has 0 unspecified atom stereocenters. The zero-order valence-electron chi connectivity index (χ0n) is 42.1. The summed E-state index contributed by atoms with van der Waals surface area (Å²) in [5, 5.41) is 2.52. The third-order valence-corrected chi connectivity index (χ3v) is 14.8. The van der Waals surface area contributed by atoms with Gasteiger partial charge in [-0.1, -0.05) is 180 Å². The van der Waals surface area contributed by atoms with Gasteiger partial charge in [-0.2, -0.15) is 0 Å². The summed E-state index contributed by atoms with van der Waals surface area (Å²) in [6, 6.07) is 65.3. The number of benzene rings is 8. The molecule has 0 bridgehead atoms. The number of hydrogen-bond donors (Lipinski definition) is 0. The Balaban J connectivity index is 1.22. The van der Waals surface area contributed by atoms with E-state index >= 15 is 0 Å². The van der Waals surface area contributed by atoms with Gasteiger partial charge >= 0.3 is 6.85 Å². The van der Waals surface area contributed by atoms with E-state index in [4.69, 9.17) is 0 Å². The van der Waals surface area contributed by atoms with E-state index in [2.05, 4.69) is 267 Å². The van der Waals surface area contributed by atoms with Crippen LogP contribution in [0.15, 0.2) is 170 Å². The lowest BCUT2D eigenvalue weighted by atomic mass is 9.45. The third kappa shape index (κ3) is 7.18. The summed E-state index contributed by atoms with van der Waals surface area (Å²) in [6.07, 6.45) is 0. The predicted molar refractivity (Wildman–Crippen MR) is 295 cm³/mol. The summed E-state index contributed by atoms with van der Waals surface area (Å²) in [4.78, 5) is 4.96. The van der Waals surface area contributed by atoms with Crippen molar-refractivity contribution < 1.29 is 0 Å². The molecule has 0 fully saturated rings. The Labute approximate surface area is 405 Å². The van der Waals surface area contributed by atoms with Crippen LogP contribution in [0.4, 0.5) is 34.1 Å². The van der Waals surface area contributed by atoms with E-state index in [-0.39, 0.29) is 28.5 Å². The largest absolute Gasteiger partial charge is 0.375 e. The highest BCUT2D eigenvalue weighted by Gasteiger charge is 2.40. The first-order valence-corrected chi connectivity index (χ1v) is 24.6. The lowest BCUT2D eigenvalue weighted by Crippen LogP contribution is -2.53. The van der Waals surface area contributed by atoms with Crippen LogP contribution >= 0.6 is 0 Å². The van der Waals surface area contributed by atoms with Crippen molar-refractivity contribution >= 4 is 73.7 Å². The van der Waals surface area contributed by atoms with Crippen LogP contribution in [0, 0.1) is 0 Å². The topological polar surface area (TPSA) is 11.4 Å². The van der Waals surface area contributed by atoms with Gasteiger partial charge in [-0.25, -0.2) is 0 Å². The first-order valence-electron chi connectivity index (χ1n) is 24.6. The number of hydrogen-bond acceptors (Lipinski definition) is 2. The molecule has 3 nitrogen and oxygen atoms in total. The van der Waals surface area contributed by atoms with Crippen LogP contribution in [0.1, 0.15) is 105 Å². The fourth-order valence-corrected chi connectivity index (χ4v) is 11.0. The zero-order valence-corrected chi connectivity index (χ0v) is 42.1. The minimum Gasteiger partial charge on any atom is -0.375 e. The Bertz CT molecular complexity index is 3060. The van der Waals surface area contributed by atoms with Gasteiger partial charge in [-0.3, -0.25) is 0 Å². The van der Waals surface area contributed by atoms with Crippen LogP contribution < -0.4 is 20.7 Å². The molecular formula is C64H64BN3. The van der Waals surface area contributed by atoms with E-state index < -0.39 is 0 Å². The van der Waals surface area contributed by atoms with Crippen molar-refractivity contribution in [2.75, 3.05) is 9.80 Å². The summed E-state index contributed by atoms with van der Waals surface area (Å²) in [7, 11) is 0. The molecule has 0 saturated heterocycles. The molecule has 11 rings (SSSR count). The molecule has 0 saturated carbocycles. The molecule has 3 heterocycles. The first-order chi connectivity index (χ1) is 32.3. The van der Waals surface area contributed by atoms with E-state index in [1.54, 1.807) is 0 Å². The third-order valence-electron chi connectivity index (χ3n) is 14.8. The van der Waals surface area contributed by atoms with Crippen LogP contribution in [-0.2, 0) is 21.7 Å². The molecule has 2 aliphatic heterocycles. The van der Waals surface area contributed by atoms with Crippen molar-refractivity contribution in [2.24, 2.45) is 0 Å². The van der Waals surface area contributed by atoms with Gasteiger partial charge in [0.25, 0.3) is 0 Å². The highest BCUT2D eigenvalue weighted by atomic mass is 15.2. The fraction of sp³-hybridized carbons (Fsp3) is 0.250. The van der Waals surface area contributed by atoms with Crippen molar-refractivity contribution in [2.45, 2.75) is 105 Å². The van der Waals surface area contributed by atoms with Crippen LogP contribution in [0.2, 0.25) is 0 Å². The SMILES string of the molecule is CC(C)(C)c1ccc(N(c2ccc(C(C)(C)C)cc2)c2cc3c4c(c2)c2cc(N(c5ccc(C(C)(C)C)cc5)c5ccc(C(C)(C)C)cc5)cc5c2n4B(c2ccccc2-3)c2ccccc2-5)cc1. The molecule has 338 valence electrons. The van der Waals surface area contributed by atoms with E-state index in [9.17, 15) is 0 Å². The molecule has 0 radical (unpaired) electrons. The van der Waals surface area contributed by atoms with Gasteiger partial charge in [-0.15, -0.1) is 0 Å². The van der Waals surface area contributed by atoms with Crippen LogP contribution in [0.5, 0.6) is 0 Å². The number of aromatic nitrogens is 1. The van der Waals surface area contributed by atoms with Gasteiger partial charge in [0.1, 0.15) is 0 Å². The molecular weight excluding hydrogens is 822 g/mol. The Morgan fingerprint density at radius 2 is 0.588 bits per heavy atom. The van der Waals surface area contributed by atoms with Crippen LogP contribution in [0.3, 0.4) is 0 Å². The van der Waals surface area contributed by atoms with Crippen molar-refractivity contribution in [3.05, 3.63) is 192 Å². The van der Waals surface area contributed by atoms with E-state index in [1.165, 1.54) is 77.2 Å². The molecule has 4 heteroatoms. The van der Waals surface area contributed by atoms with Gasteiger partial charge in [-0.05, 0) is 139 Å². The normalized spacial score (nSPS) is 13.3. The lowest BCUT2D eigenvalue weighted by molar-refractivity contribution is 0.590. The summed E-state index contributed by atoms with van der Waals surface area (Å²) < 4.78 is 2.69. The molecule has 8 aromatic carbocycles. The monoisotopic (exact) mass is 886 g/mol. The Morgan fingerprint density at radius 3 is 0.868 bits per heavy atom. The van der Waals surface area contributed by atoms with Gasteiger partial charge in [0.2, 0.25) is 0 Å². The number of nitrogens with zero attached hydrogens (tertiary/aromatic N) is 3. The maximum absolute atomic E-state index is 2.69. The van der Waals surface area contributed by atoms with E-state index in [0.717, 1.165) is 34.1 Å². The molecule has 9 aromatic rings. The molecule has 0 N–H and O–H groups in total. The average Bonchev–Trinajstić information content (AvgIpc) is 3.63. The van der Waals surface area contributed by atoms with Crippen LogP contribution in [-0.4, -0.2) is 11.3 Å². The van der Waals surface area contributed by atoms with Gasteiger partial charge in [0, 0.05) is 67.1 Å². The van der Waals surface area contributed by atoms with Crippen LogP contribution in [0.25, 0.3) is 44.1 Å².